The standard InChI is InChI=1S/C18H20N4O3S/c23-16-15(26-17-19-12-20-22(16)17)14(13-4-2-1-3-5-13)21-8-6-18(7-9-21)24-10-11-25-18/h1-5,12,14,23H,6-11H2/t14-/m0/s1. The molecule has 3 aromatic rings. The predicted molar refractivity (Wildman–Crippen MR) is 96.3 cm³/mol. The van der Waals surface area contributed by atoms with E-state index in [1.165, 1.54) is 22.2 Å². The maximum absolute atomic E-state index is 10.7. The summed E-state index contributed by atoms with van der Waals surface area (Å²) in [4.78, 5) is 8.19. The molecule has 0 amide bonds. The fourth-order valence-electron chi connectivity index (χ4n) is 3.94. The molecule has 5 rings (SSSR count). The van der Waals surface area contributed by atoms with E-state index in [0.29, 0.717) is 18.2 Å². The van der Waals surface area contributed by atoms with E-state index < -0.39 is 5.79 Å². The van der Waals surface area contributed by atoms with Gasteiger partial charge in [0.15, 0.2) is 5.79 Å². The number of nitrogens with zero attached hydrogens (tertiary/aromatic N) is 4. The molecule has 1 atom stereocenters. The zero-order valence-corrected chi connectivity index (χ0v) is 15.1. The minimum absolute atomic E-state index is 0.0385. The van der Waals surface area contributed by atoms with E-state index >= 15 is 0 Å². The number of rotatable bonds is 3. The molecule has 0 aliphatic carbocycles. The molecule has 0 unspecified atom stereocenters. The Labute approximate surface area is 154 Å². The SMILES string of the molecule is Oc1c([C@H](c2ccccc2)N2CCC3(CC2)OCCO3)sc2ncnn12. The van der Waals surface area contributed by atoms with Gasteiger partial charge in [-0.3, -0.25) is 4.90 Å². The van der Waals surface area contributed by atoms with E-state index in [2.05, 4.69) is 27.1 Å². The quantitative estimate of drug-likeness (QED) is 0.761. The lowest BCUT2D eigenvalue weighted by molar-refractivity contribution is -0.187. The van der Waals surface area contributed by atoms with Gasteiger partial charge in [-0.15, -0.1) is 0 Å². The van der Waals surface area contributed by atoms with E-state index in [4.69, 9.17) is 9.47 Å². The summed E-state index contributed by atoms with van der Waals surface area (Å²) in [5.74, 6) is -0.240. The van der Waals surface area contributed by atoms with Crippen LogP contribution in [0.4, 0.5) is 0 Å². The van der Waals surface area contributed by atoms with Crippen LogP contribution in [-0.4, -0.2) is 56.7 Å². The molecule has 1 aromatic carbocycles. The highest BCUT2D eigenvalue weighted by atomic mass is 32.1. The first-order chi connectivity index (χ1) is 12.8. The smallest absolute Gasteiger partial charge is 0.230 e. The number of fused-ring (bicyclic) bond motifs is 1. The van der Waals surface area contributed by atoms with Crippen LogP contribution >= 0.6 is 11.3 Å². The van der Waals surface area contributed by atoms with Crippen molar-refractivity contribution in [3.8, 4) is 5.88 Å². The number of hydrogen-bond donors (Lipinski definition) is 1. The molecule has 2 aliphatic rings. The van der Waals surface area contributed by atoms with Crippen molar-refractivity contribution < 1.29 is 14.6 Å². The normalized spacial score (nSPS) is 21.5. The topological polar surface area (TPSA) is 72.1 Å². The molecule has 2 aromatic heterocycles. The van der Waals surface area contributed by atoms with Gasteiger partial charge in [0.2, 0.25) is 10.8 Å². The number of benzene rings is 1. The minimum Gasteiger partial charge on any atom is -0.492 e. The molecule has 0 saturated carbocycles. The van der Waals surface area contributed by atoms with Gasteiger partial charge in [-0.1, -0.05) is 41.7 Å². The van der Waals surface area contributed by atoms with Crippen molar-refractivity contribution in [3.05, 3.63) is 47.1 Å². The van der Waals surface area contributed by atoms with Gasteiger partial charge in [0.25, 0.3) is 0 Å². The number of ether oxygens (including phenoxy) is 2. The molecule has 4 heterocycles. The first kappa shape index (κ1) is 16.2. The number of piperidine rings is 1. The molecule has 2 saturated heterocycles. The van der Waals surface area contributed by atoms with Crippen molar-refractivity contribution in [1.29, 1.82) is 0 Å². The van der Waals surface area contributed by atoms with Crippen LogP contribution in [0.5, 0.6) is 5.88 Å². The van der Waals surface area contributed by atoms with Gasteiger partial charge in [-0.25, -0.2) is 4.98 Å². The lowest BCUT2D eigenvalue weighted by atomic mass is 9.97. The van der Waals surface area contributed by atoms with E-state index in [1.807, 2.05) is 18.2 Å². The third kappa shape index (κ3) is 2.61. The van der Waals surface area contributed by atoms with E-state index in [-0.39, 0.29) is 11.9 Å². The maximum atomic E-state index is 10.7. The summed E-state index contributed by atoms with van der Waals surface area (Å²) in [6.45, 7) is 3.03. The van der Waals surface area contributed by atoms with Gasteiger partial charge in [0.1, 0.15) is 6.33 Å². The molecule has 26 heavy (non-hydrogen) atoms. The van der Waals surface area contributed by atoms with Crippen molar-refractivity contribution in [2.45, 2.75) is 24.7 Å². The van der Waals surface area contributed by atoms with Crippen LogP contribution in [0.3, 0.4) is 0 Å². The Bertz CT molecular complexity index is 894. The first-order valence-corrected chi connectivity index (χ1v) is 9.66. The summed E-state index contributed by atoms with van der Waals surface area (Å²) in [5.41, 5.74) is 1.15. The molecule has 7 nitrogen and oxygen atoms in total. The number of thiazole rings is 1. The monoisotopic (exact) mass is 372 g/mol. The molecule has 1 spiro atoms. The molecular formula is C18H20N4O3S. The summed E-state index contributed by atoms with van der Waals surface area (Å²) in [6.07, 6.45) is 3.13. The van der Waals surface area contributed by atoms with Crippen molar-refractivity contribution >= 4 is 16.3 Å². The van der Waals surface area contributed by atoms with Gasteiger partial charge < -0.3 is 14.6 Å². The van der Waals surface area contributed by atoms with Crippen molar-refractivity contribution in [3.63, 3.8) is 0 Å². The first-order valence-electron chi connectivity index (χ1n) is 8.84. The Morgan fingerprint density at radius 2 is 1.85 bits per heavy atom. The van der Waals surface area contributed by atoms with Crippen molar-refractivity contribution in [1.82, 2.24) is 19.5 Å². The number of aromatic hydroxyl groups is 1. The van der Waals surface area contributed by atoms with Gasteiger partial charge in [-0.05, 0) is 5.56 Å². The lowest BCUT2D eigenvalue weighted by Gasteiger charge is -2.41. The Hall–Kier alpha value is -2.00. The van der Waals surface area contributed by atoms with Gasteiger partial charge in [0, 0.05) is 25.9 Å². The van der Waals surface area contributed by atoms with Crippen LogP contribution in [0.15, 0.2) is 36.7 Å². The van der Waals surface area contributed by atoms with E-state index in [9.17, 15) is 5.11 Å². The lowest BCUT2D eigenvalue weighted by Crippen LogP contribution is -2.46. The largest absolute Gasteiger partial charge is 0.492 e. The van der Waals surface area contributed by atoms with E-state index in [1.54, 1.807) is 0 Å². The second kappa shape index (κ2) is 6.31. The van der Waals surface area contributed by atoms with Crippen molar-refractivity contribution in [2.24, 2.45) is 0 Å². The van der Waals surface area contributed by atoms with Crippen LogP contribution in [-0.2, 0) is 9.47 Å². The summed E-state index contributed by atoms with van der Waals surface area (Å²) in [7, 11) is 0. The van der Waals surface area contributed by atoms with Crippen LogP contribution in [0.1, 0.15) is 29.3 Å². The molecule has 8 heteroatoms. The summed E-state index contributed by atoms with van der Waals surface area (Å²) in [5, 5.41) is 14.9. The van der Waals surface area contributed by atoms with Gasteiger partial charge in [0.05, 0.1) is 24.1 Å². The molecule has 2 fully saturated rings. The second-order valence-corrected chi connectivity index (χ2v) is 7.71. The third-order valence-electron chi connectivity index (χ3n) is 5.24. The molecule has 0 radical (unpaired) electrons. The highest BCUT2D eigenvalue weighted by Gasteiger charge is 2.42. The molecule has 2 aliphatic heterocycles. The summed E-state index contributed by atoms with van der Waals surface area (Å²) >= 11 is 1.49. The average molecular weight is 372 g/mol. The fraction of sp³-hybridized carbons (Fsp3) is 0.444. The number of hydrogen-bond acceptors (Lipinski definition) is 7. The summed E-state index contributed by atoms with van der Waals surface area (Å²) < 4.78 is 13.2. The molecular weight excluding hydrogens is 352 g/mol. The zero-order valence-electron chi connectivity index (χ0n) is 14.2. The Morgan fingerprint density at radius 1 is 1.12 bits per heavy atom. The average Bonchev–Trinajstić information content (AvgIpc) is 3.38. The van der Waals surface area contributed by atoms with Crippen LogP contribution in [0, 0.1) is 0 Å². The minimum atomic E-state index is -0.411. The second-order valence-electron chi connectivity index (χ2n) is 6.70. The van der Waals surface area contributed by atoms with Crippen LogP contribution < -0.4 is 0 Å². The van der Waals surface area contributed by atoms with Crippen molar-refractivity contribution in [2.75, 3.05) is 26.3 Å². The van der Waals surface area contributed by atoms with E-state index in [0.717, 1.165) is 36.4 Å². The third-order valence-corrected chi connectivity index (χ3v) is 6.33. The molecule has 0 bridgehead atoms. The fourth-order valence-corrected chi connectivity index (χ4v) is 5.04. The number of likely N-dealkylation sites (tertiary alicyclic amines) is 1. The summed E-state index contributed by atoms with van der Waals surface area (Å²) in [6, 6.07) is 10.2. The Morgan fingerprint density at radius 3 is 2.54 bits per heavy atom. The Balaban J connectivity index is 1.51. The highest BCUT2D eigenvalue weighted by molar-refractivity contribution is 7.17. The highest BCUT2D eigenvalue weighted by Crippen LogP contribution is 2.42. The maximum Gasteiger partial charge on any atom is 0.230 e. The van der Waals surface area contributed by atoms with Crippen LogP contribution in [0.2, 0.25) is 0 Å². The molecule has 136 valence electrons. The Kier molecular flexibility index (Phi) is 3.93. The van der Waals surface area contributed by atoms with Crippen LogP contribution in [0.25, 0.3) is 4.96 Å². The van der Waals surface area contributed by atoms with Gasteiger partial charge in [-0.2, -0.15) is 9.61 Å². The predicted octanol–water partition coefficient (Wildman–Crippen LogP) is 2.42. The van der Waals surface area contributed by atoms with Gasteiger partial charge >= 0.3 is 0 Å². The molecule has 1 N–H and O–H groups in total. The number of aromatic nitrogens is 3. The zero-order chi connectivity index (χ0) is 17.6.